The Morgan fingerprint density at radius 1 is 0.450 bits per heavy atom. The average Bonchev–Trinajstić information content (AvgIpc) is 2.47. The van der Waals surface area contributed by atoms with Crippen molar-refractivity contribution >= 4 is 0 Å². The van der Waals surface area contributed by atoms with Crippen LogP contribution in [0.4, 0.5) is 0 Å². The molecule has 0 bridgehead atoms. The summed E-state index contributed by atoms with van der Waals surface area (Å²) in [6.07, 6.45) is 28.5. The van der Waals surface area contributed by atoms with E-state index in [1.807, 2.05) is 0 Å². The molecule has 0 spiro atoms. The van der Waals surface area contributed by atoms with Crippen molar-refractivity contribution in [3.8, 4) is 0 Å². The largest absolute Gasteiger partial charge is 0.0882 e. The zero-order chi connectivity index (χ0) is 14.7. The van der Waals surface area contributed by atoms with Gasteiger partial charge in [0.05, 0.1) is 0 Å². The molecule has 0 atom stereocenters. The van der Waals surface area contributed by atoms with E-state index in [2.05, 4.69) is 38.2 Å². The highest BCUT2D eigenvalue weighted by Crippen LogP contribution is 2.11. The van der Waals surface area contributed by atoms with E-state index in [0.717, 1.165) is 6.42 Å². The van der Waals surface area contributed by atoms with Gasteiger partial charge in [-0.05, 0) is 25.7 Å². The second kappa shape index (κ2) is 18.5. The molecule has 0 rings (SSSR count). The molecule has 0 nitrogen and oxygen atoms in total. The molecular formula is C20H38. The van der Waals surface area contributed by atoms with Crippen LogP contribution in [0.2, 0.25) is 0 Å². The quantitative estimate of drug-likeness (QED) is 0.214. The lowest BCUT2D eigenvalue weighted by molar-refractivity contribution is 0.557. The standard InChI is InChI=1S/C20H38/c1-3-5-7-9-11-13-15-17-19-20-18-16-14-12-10-8-6-4-2/h7,9,13,15H,3-6,8,10-12,14,16-20H2,1-2H3. The van der Waals surface area contributed by atoms with Gasteiger partial charge in [0.2, 0.25) is 0 Å². The summed E-state index contributed by atoms with van der Waals surface area (Å²) in [5.41, 5.74) is 0. The third-order valence-corrected chi connectivity index (χ3v) is 3.79. The lowest BCUT2D eigenvalue weighted by atomic mass is 10.1. The van der Waals surface area contributed by atoms with Gasteiger partial charge in [-0.25, -0.2) is 0 Å². The van der Waals surface area contributed by atoms with Crippen LogP contribution in [0, 0.1) is 0 Å². The molecule has 0 N–H and O–H groups in total. The van der Waals surface area contributed by atoms with E-state index in [4.69, 9.17) is 0 Å². The first-order chi connectivity index (χ1) is 9.91. The molecule has 0 aromatic carbocycles. The van der Waals surface area contributed by atoms with Crippen LogP contribution in [0.3, 0.4) is 0 Å². The first-order valence-electron chi connectivity index (χ1n) is 9.21. The Balaban J connectivity index is 3.07. The molecule has 0 aromatic rings. The van der Waals surface area contributed by atoms with Crippen molar-refractivity contribution < 1.29 is 0 Å². The van der Waals surface area contributed by atoms with E-state index >= 15 is 0 Å². The Morgan fingerprint density at radius 2 is 0.950 bits per heavy atom. The molecular weight excluding hydrogens is 240 g/mol. The van der Waals surface area contributed by atoms with E-state index < -0.39 is 0 Å². The number of hydrogen-bond donors (Lipinski definition) is 0. The first kappa shape index (κ1) is 19.5. The molecule has 0 radical (unpaired) electrons. The molecule has 0 amide bonds. The second-order valence-electron chi connectivity index (χ2n) is 5.94. The second-order valence-corrected chi connectivity index (χ2v) is 5.94. The van der Waals surface area contributed by atoms with Crippen molar-refractivity contribution in [2.75, 3.05) is 0 Å². The van der Waals surface area contributed by atoms with Crippen molar-refractivity contribution in [2.24, 2.45) is 0 Å². The van der Waals surface area contributed by atoms with E-state index in [1.165, 1.54) is 83.5 Å². The van der Waals surface area contributed by atoms with Gasteiger partial charge in [0.25, 0.3) is 0 Å². The van der Waals surface area contributed by atoms with E-state index in [0.29, 0.717) is 0 Å². The lowest BCUT2D eigenvalue weighted by Gasteiger charge is -2.01. The van der Waals surface area contributed by atoms with Crippen LogP contribution >= 0.6 is 0 Å². The molecule has 0 heterocycles. The molecule has 0 aliphatic carbocycles. The molecule has 0 aliphatic rings. The van der Waals surface area contributed by atoms with Gasteiger partial charge >= 0.3 is 0 Å². The van der Waals surface area contributed by atoms with Crippen molar-refractivity contribution in [1.82, 2.24) is 0 Å². The maximum Gasteiger partial charge on any atom is -0.0169 e. The number of allylic oxidation sites excluding steroid dienone is 4. The van der Waals surface area contributed by atoms with Gasteiger partial charge in [0.1, 0.15) is 0 Å². The molecule has 0 saturated heterocycles. The van der Waals surface area contributed by atoms with Crippen LogP contribution in [-0.2, 0) is 0 Å². The summed E-state index contributed by atoms with van der Waals surface area (Å²) in [6.45, 7) is 4.52. The van der Waals surface area contributed by atoms with Crippen molar-refractivity contribution in [3.63, 3.8) is 0 Å². The third kappa shape index (κ3) is 17.5. The van der Waals surface area contributed by atoms with Crippen molar-refractivity contribution in [1.29, 1.82) is 0 Å². The van der Waals surface area contributed by atoms with Gasteiger partial charge in [0, 0.05) is 0 Å². The normalized spacial score (nSPS) is 11.9. The van der Waals surface area contributed by atoms with Crippen LogP contribution in [0.25, 0.3) is 0 Å². The molecule has 0 heteroatoms. The summed E-state index contributed by atoms with van der Waals surface area (Å²) < 4.78 is 0. The SMILES string of the molecule is CCCC=CCC=CCCCCCCCCCCCC. The van der Waals surface area contributed by atoms with Crippen LogP contribution in [0.5, 0.6) is 0 Å². The number of rotatable bonds is 15. The highest BCUT2D eigenvalue weighted by atomic mass is 14.0. The van der Waals surface area contributed by atoms with Crippen LogP contribution in [-0.4, -0.2) is 0 Å². The van der Waals surface area contributed by atoms with Gasteiger partial charge in [-0.1, -0.05) is 102 Å². The molecule has 118 valence electrons. The van der Waals surface area contributed by atoms with E-state index in [9.17, 15) is 0 Å². The zero-order valence-electron chi connectivity index (χ0n) is 14.2. The summed E-state index contributed by atoms with van der Waals surface area (Å²) in [5.74, 6) is 0. The predicted octanol–water partition coefficient (Wildman–Crippen LogP) is 7.60. The maximum absolute atomic E-state index is 2.36. The van der Waals surface area contributed by atoms with Crippen LogP contribution in [0.1, 0.15) is 104 Å². The average molecular weight is 279 g/mol. The van der Waals surface area contributed by atoms with Gasteiger partial charge in [0.15, 0.2) is 0 Å². The molecule has 0 aliphatic heterocycles. The third-order valence-electron chi connectivity index (χ3n) is 3.79. The fourth-order valence-corrected chi connectivity index (χ4v) is 2.42. The highest BCUT2D eigenvalue weighted by molar-refractivity contribution is 4.92. The summed E-state index contributed by atoms with van der Waals surface area (Å²) in [5, 5.41) is 0. The fourth-order valence-electron chi connectivity index (χ4n) is 2.42. The summed E-state index contributed by atoms with van der Waals surface area (Å²) >= 11 is 0. The van der Waals surface area contributed by atoms with Crippen molar-refractivity contribution in [2.45, 2.75) is 104 Å². The van der Waals surface area contributed by atoms with E-state index in [1.54, 1.807) is 0 Å². The fraction of sp³-hybridized carbons (Fsp3) is 0.800. The Hall–Kier alpha value is -0.520. The van der Waals surface area contributed by atoms with Gasteiger partial charge in [-0.3, -0.25) is 0 Å². The lowest BCUT2D eigenvalue weighted by Crippen LogP contribution is -1.81. The summed E-state index contributed by atoms with van der Waals surface area (Å²) in [4.78, 5) is 0. The first-order valence-corrected chi connectivity index (χ1v) is 9.21. The van der Waals surface area contributed by atoms with Crippen molar-refractivity contribution in [3.05, 3.63) is 24.3 Å². The summed E-state index contributed by atoms with van der Waals surface area (Å²) in [7, 11) is 0. The Bertz CT molecular complexity index is 212. The molecule has 0 unspecified atom stereocenters. The predicted molar refractivity (Wildman–Crippen MR) is 94.3 cm³/mol. The van der Waals surface area contributed by atoms with Crippen LogP contribution in [0.15, 0.2) is 24.3 Å². The Labute approximate surface area is 128 Å². The van der Waals surface area contributed by atoms with Gasteiger partial charge in [-0.2, -0.15) is 0 Å². The number of unbranched alkanes of at least 4 members (excludes halogenated alkanes) is 11. The molecule has 0 aromatic heterocycles. The molecule has 0 fully saturated rings. The molecule has 20 heavy (non-hydrogen) atoms. The van der Waals surface area contributed by atoms with E-state index in [-0.39, 0.29) is 0 Å². The Morgan fingerprint density at radius 3 is 1.50 bits per heavy atom. The van der Waals surface area contributed by atoms with Crippen LogP contribution < -0.4 is 0 Å². The minimum absolute atomic E-state index is 1.12. The van der Waals surface area contributed by atoms with Gasteiger partial charge < -0.3 is 0 Å². The monoisotopic (exact) mass is 278 g/mol. The Kier molecular flexibility index (Phi) is 18.0. The minimum atomic E-state index is 1.12. The zero-order valence-corrected chi connectivity index (χ0v) is 14.2. The maximum atomic E-state index is 2.36. The molecule has 0 saturated carbocycles. The summed E-state index contributed by atoms with van der Waals surface area (Å²) in [6, 6.07) is 0. The number of hydrogen-bond acceptors (Lipinski definition) is 0. The highest BCUT2D eigenvalue weighted by Gasteiger charge is 1.91. The topological polar surface area (TPSA) is 0 Å². The van der Waals surface area contributed by atoms with Gasteiger partial charge in [-0.15, -0.1) is 0 Å². The smallest absolute Gasteiger partial charge is 0.0169 e. The minimum Gasteiger partial charge on any atom is -0.0882 e.